The molecule has 102 valence electrons. The molecule has 1 atom stereocenters. The van der Waals surface area contributed by atoms with Gasteiger partial charge in [-0.25, -0.2) is 0 Å². The lowest BCUT2D eigenvalue weighted by Crippen LogP contribution is -2.24. The predicted octanol–water partition coefficient (Wildman–Crippen LogP) is 4.62. The molecule has 0 aliphatic carbocycles. The summed E-state index contributed by atoms with van der Waals surface area (Å²) in [6.45, 7) is 4.42. The van der Waals surface area contributed by atoms with Crippen LogP contribution in [-0.4, -0.2) is 13.1 Å². The van der Waals surface area contributed by atoms with Crippen LogP contribution in [0.4, 0.5) is 5.69 Å². The first-order valence-electron chi connectivity index (χ1n) is 7.19. The fourth-order valence-electron chi connectivity index (χ4n) is 2.94. The number of nitriles is 1. The summed E-state index contributed by atoms with van der Waals surface area (Å²) in [4.78, 5) is 2.37. The van der Waals surface area contributed by atoms with E-state index in [1.807, 2.05) is 12.1 Å². The highest BCUT2D eigenvalue weighted by atomic mass is 35.5. The van der Waals surface area contributed by atoms with Gasteiger partial charge in [0.1, 0.15) is 0 Å². The van der Waals surface area contributed by atoms with Crippen molar-refractivity contribution in [2.24, 2.45) is 5.92 Å². The number of nitrogens with zero attached hydrogens (tertiary/aromatic N) is 2. The van der Waals surface area contributed by atoms with E-state index in [-0.39, 0.29) is 0 Å². The molecule has 3 heteroatoms. The molecule has 0 aromatic heterocycles. The maximum atomic E-state index is 8.88. The van der Waals surface area contributed by atoms with E-state index in [1.165, 1.54) is 32.1 Å². The van der Waals surface area contributed by atoms with Gasteiger partial charge in [-0.3, -0.25) is 0 Å². The van der Waals surface area contributed by atoms with Crippen LogP contribution in [0.2, 0.25) is 5.02 Å². The van der Waals surface area contributed by atoms with E-state index in [2.05, 4.69) is 17.9 Å². The molecule has 1 unspecified atom stereocenters. The zero-order chi connectivity index (χ0) is 13.7. The van der Waals surface area contributed by atoms with Crippen molar-refractivity contribution in [3.05, 3.63) is 28.8 Å². The topological polar surface area (TPSA) is 27.0 Å². The van der Waals surface area contributed by atoms with Gasteiger partial charge in [-0.15, -0.1) is 0 Å². The van der Waals surface area contributed by atoms with Gasteiger partial charge in [0.05, 0.1) is 22.3 Å². The molecule has 2 rings (SSSR count). The normalized spacial score (nSPS) is 19.8. The van der Waals surface area contributed by atoms with Crippen LogP contribution in [0.5, 0.6) is 0 Å². The van der Waals surface area contributed by atoms with Crippen LogP contribution < -0.4 is 4.90 Å². The molecule has 1 aliphatic rings. The summed E-state index contributed by atoms with van der Waals surface area (Å²) in [6, 6.07) is 7.74. The Bertz CT molecular complexity index is 464. The Kier molecular flexibility index (Phi) is 5.10. The fourth-order valence-corrected chi connectivity index (χ4v) is 3.24. The molecule has 1 heterocycles. The van der Waals surface area contributed by atoms with E-state index in [0.717, 1.165) is 24.7 Å². The number of hydrogen-bond acceptors (Lipinski definition) is 2. The van der Waals surface area contributed by atoms with Crippen LogP contribution in [0.15, 0.2) is 18.2 Å². The highest BCUT2D eigenvalue weighted by molar-refractivity contribution is 6.33. The number of benzene rings is 1. The second-order valence-electron chi connectivity index (χ2n) is 5.35. The fraction of sp³-hybridized carbons (Fsp3) is 0.562. The second-order valence-corrected chi connectivity index (χ2v) is 5.76. The minimum Gasteiger partial charge on any atom is -0.370 e. The minimum absolute atomic E-state index is 0.632. The molecule has 1 aliphatic heterocycles. The minimum atomic E-state index is 0.632. The first kappa shape index (κ1) is 14.2. The predicted molar refractivity (Wildman–Crippen MR) is 80.6 cm³/mol. The van der Waals surface area contributed by atoms with Crippen LogP contribution >= 0.6 is 11.6 Å². The summed E-state index contributed by atoms with van der Waals surface area (Å²) in [5.41, 5.74) is 1.71. The zero-order valence-electron chi connectivity index (χ0n) is 11.5. The van der Waals surface area contributed by atoms with Gasteiger partial charge in [0.15, 0.2) is 0 Å². The van der Waals surface area contributed by atoms with Crippen molar-refractivity contribution in [1.82, 2.24) is 0 Å². The van der Waals surface area contributed by atoms with Crippen LogP contribution in [0.25, 0.3) is 0 Å². The lowest BCUT2D eigenvalue weighted by molar-refractivity contribution is 0.435. The first-order valence-corrected chi connectivity index (χ1v) is 7.57. The van der Waals surface area contributed by atoms with E-state index in [9.17, 15) is 0 Å². The van der Waals surface area contributed by atoms with Crippen LogP contribution in [0.1, 0.15) is 44.6 Å². The van der Waals surface area contributed by atoms with Crippen LogP contribution in [0.3, 0.4) is 0 Å². The molecular weight excluding hydrogens is 256 g/mol. The van der Waals surface area contributed by atoms with Crippen molar-refractivity contribution in [2.45, 2.75) is 39.0 Å². The molecule has 19 heavy (non-hydrogen) atoms. The third kappa shape index (κ3) is 3.64. The van der Waals surface area contributed by atoms with Crippen molar-refractivity contribution in [3.8, 4) is 6.07 Å². The SMILES string of the molecule is CCCC1CCCN(c2ccc(C#N)cc2Cl)CC1. The molecule has 0 N–H and O–H groups in total. The van der Waals surface area contributed by atoms with E-state index in [4.69, 9.17) is 16.9 Å². The summed E-state index contributed by atoms with van der Waals surface area (Å²) in [6.07, 6.45) is 6.45. The van der Waals surface area contributed by atoms with E-state index in [1.54, 1.807) is 6.07 Å². The first-order chi connectivity index (χ1) is 9.24. The van der Waals surface area contributed by atoms with Gasteiger partial charge < -0.3 is 4.90 Å². The van der Waals surface area contributed by atoms with Gasteiger partial charge in [0.2, 0.25) is 0 Å². The molecule has 1 aromatic rings. The van der Waals surface area contributed by atoms with Crippen LogP contribution in [-0.2, 0) is 0 Å². The molecule has 1 aromatic carbocycles. The second kappa shape index (κ2) is 6.82. The molecular formula is C16H21ClN2. The lowest BCUT2D eigenvalue weighted by Gasteiger charge is -2.24. The lowest BCUT2D eigenvalue weighted by atomic mass is 9.96. The quantitative estimate of drug-likeness (QED) is 0.805. The summed E-state index contributed by atoms with van der Waals surface area (Å²) in [5, 5.41) is 9.58. The Balaban J connectivity index is 2.08. The van der Waals surface area contributed by atoms with Gasteiger partial charge in [-0.1, -0.05) is 31.4 Å². The largest absolute Gasteiger partial charge is 0.370 e. The van der Waals surface area contributed by atoms with Crippen LogP contribution in [0, 0.1) is 17.2 Å². The molecule has 2 nitrogen and oxygen atoms in total. The average molecular weight is 277 g/mol. The standard InChI is InChI=1S/C16H21ClN2/c1-2-4-13-5-3-9-19(10-8-13)16-7-6-14(12-18)11-15(16)17/h6-7,11,13H,2-5,8-10H2,1H3. The number of anilines is 1. The Morgan fingerprint density at radius 2 is 2.21 bits per heavy atom. The summed E-state index contributed by atoms with van der Waals surface area (Å²) >= 11 is 6.30. The Hall–Kier alpha value is -1.20. The Morgan fingerprint density at radius 1 is 1.37 bits per heavy atom. The summed E-state index contributed by atoms with van der Waals surface area (Å²) < 4.78 is 0. The average Bonchev–Trinajstić information content (AvgIpc) is 2.65. The molecule has 1 saturated heterocycles. The molecule has 1 fully saturated rings. The Labute approximate surface area is 121 Å². The van der Waals surface area contributed by atoms with Crippen molar-refractivity contribution in [1.29, 1.82) is 5.26 Å². The van der Waals surface area contributed by atoms with Crippen molar-refractivity contribution in [2.75, 3.05) is 18.0 Å². The number of hydrogen-bond donors (Lipinski definition) is 0. The summed E-state index contributed by atoms with van der Waals surface area (Å²) in [5.74, 6) is 0.868. The molecule has 0 radical (unpaired) electrons. The molecule has 0 saturated carbocycles. The summed E-state index contributed by atoms with van der Waals surface area (Å²) in [7, 11) is 0. The van der Waals surface area contributed by atoms with Gasteiger partial charge in [0, 0.05) is 13.1 Å². The van der Waals surface area contributed by atoms with Crippen molar-refractivity contribution >= 4 is 17.3 Å². The monoisotopic (exact) mass is 276 g/mol. The highest BCUT2D eigenvalue weighted by Crippen LogP contribution is 2.30. The number of rotatable bonds is 3. The van der Waals surface area contributed by atoms with Crippen molar-refractivity contribution < 1.29 is 0 Å². The highest BCUT2D eigenvalue weighted by Gasteiger charge is 2.18. The van der Waals surface area contributed by atoms with E-state index < -0.39 is 0 Å². The molecule has 0 spiro atoms. The maximum absolute atomic E-state index is 8.88. The molecule has 0 bridgehead atoms. The van der Waals surface area contributed by atoms with Gasteiger partial charge >= 0.3 is 0 Å². The third-order valence-electron chi connectivity index (χ3n) is 3.96. The third-order valence-corrected chi connectivity index (χ3v) is 4.26. The van der Waals surface area contributed by atoms with E-state index >= 15 is 0 Å². The maximum Gasteiger partial charge on any atom is 0.0992 e. The van der Waals surface area contributed by atoms with Gasteiger partial charge in [0.25, 0.3) is 0 Å². The molecule has 0 amide bonds. The number of halogens is 1. The zero-order valence-corrected chi connectivity index (χ0v) is 12.3. The van der Waals surface area contributed by atoms with Crippen molar-refractivity contribution in [3.63, 3.8) is 0 Å². The van der Waals surface area contributed by atoms with Gasteiger partial charge in [-0.2, -0.15) is 5.26 Å². The smallest absolute Gasteiger partial charge is 0.0992 e. The van der Waals surface area contributed by atoms with Gasteiger partial charge in [-0.05, 0) is 43.4 Å². The Morgan fingerprint density at radius 3 is 2.89 bits per heavy atom. The van der Waals surface area contributed by atoms with E-state index in [0.29, 0.717) is 10.6 Å².